The molecule has 1 N–H and O–H groups in total. The number of aromatic nitrogens is 3. The second-order valence-electron chi connectivity index (χ2n) is 5.53. The Morgan fingerprint density at radius 2 is 2.17 bits per heavy atom. The first kappa shape index (κ1) is 15.4. The maximum atomic E-state index is 11.1. The number of pyridine rings is 1. The Kier molecular flexibility index (Phi) is 4.47. The molecule has 0 radical (unpaired) electrons. The van der Waals surface area contributed by atoms with E-state index >= 15 is 0 Å². The summed E-state index contributed by atoms with van der Waals surface area (Å²) in [6.07, 6.45) is 4.20. The van der Waals surface area contributed by atoms with Crippen LogP contribution in [0, 0.1) is 5.92 Å². The number of methoxy groups -OCH3 is 1. The maximum Gasteiger partial charge on any atom is 0.335 e. The zero-order chi connectivity index (χ0) is 16.2. The third-order valence-electron chi connectivity index (χ3n) is 3.88. The van der Waals surface area contributed by atoms with E-state index in [0.717, 1.165) is 26.1 Å². The molecule has 1 unspecified atom stereocenters. The van der Waals surface area contributed by atoms with E-state index in [4.69, 9.17) is 9.84 Å². The highest BCUT2D eigenvalue weighted by Crippen LogP contribution is 2.23. The smallest absolute Gasteiger partial charge is 0.335 e. The predicted octanol–water partition coefficient (Wildman–Crippen LogP) is 1.71. The lowest BCUT2D eigenvalue weighted by Crippen LogP contribution is -2.23. The first-order valence-corrected chi connectivity index (χ1v) is 7.44. The van der Waals surface area contributed by atoms with E-state index in [1.54, 1.807) is 19.4 Å². The van der Waals surface area contributed by atoms with Gasteiger partial charge in [-0.3, -0.25) is 4.98 Å². The molecule has 2 aromatic heterocycles. The first-order valence-electron chi connectivity index (χ1n) is 7.44. The largest absolute Gasteiger partial charge is 0.478 e. The number of aromatic carboxylic acids is 1. The first-order chi connectivity index (χ1) is 11.2. The third-order valence-corrected chi connectivity index (χ3v) is 3.88. The van der Waals surface area contributed by atoms with Gasteiger partial charge in [-0.2, -0.15) is 0 Å². The van der Waals surface area contributed by atoms with Crippen molar-refractivity contribution in [2.45, 2.75) is 6.42 Å². The summed E-state index contributed by atoms with van der Waals surface area (Å²) in [5.41, 5.74) is 1.34. The molecule has 1 atom stereocenters. The number of carbonyl (C=O) groups is 1. The van der Waals surface area contributed by atoms with Gasteiger partial charge in [-0.15, -0.1) is 0 Å². The van der Waals surface area contributed by atoms with E-state index in [-0.39, 0.29) is 5.56 Å². The minimum Gasteiger partial charge on any atom is -0.478 e. The van der Waals surface area contributed by atoms with Crippen molar-refractivity contribution in [2.24, 2.45) is 5.92 Å². The second kappa shape index (κ2) is 6.70. The van der Waals surface area contributed by atoms with E-state index in [1.807, 2.05) is 0 Å². The lowest BCUT2D eigenvalue weighted by molar-refractivity contribution is 0.0697. The van der Waals surface area contributed by atoms with Gasteiger partial charge in [0.1, 0.15) is 0 Å². The van der Waals surface area contributed by atoms with Crippen LogP contribution < -0.4 is 4.90 Å². The number of nitrogens with zero attached hydrogens (tertiary/aromatic N) is 4. The van der Waals surface area contributed by atoms with Crippen molar-refractivity contribution in [1.29, 1.82) is 0 Å². The fourth-order valence-electron chi connectivity index (χ4n) is 2.73. The number of ether oxygens (including phenoxy) is 1. The van der Waals surface area contributed by atoms with Gasteiger partial charge in [0.05, 0.1) is 23.6 Å². The van der Waals surface area contributed by atoms with Gasteiger partial charge < -0.3 is 14.7 Å². The minimum absolute atomic E-state index is 0.191. The average Bonchev–Trinajstić information content (AvgIpc) is 3.04. The molecular formula is C16H18N4O3. The predicted molar refractivity (Wildman–Crippen MR) is 84.4 cm³/mol. The van der Waals surface area contributed by atoms with Gasteiger partial charge in [0.25, 0.3) is 0 Å². The molecule has 3 heterocycles. The number of carboxylic acid groups (broad SMARTS) is 1. The number of hydrogen-bond acceptors (Lipinski definition) is 6. The third kappa shape index (κ3) is 3.45. The van der Waals surface area contributed by atoms with E-state index in [0.29, 0.717) is 23.3 Å². The maximum absolute atomic E-state index is 11.1. The van der Waals surface area contributed by atoms with Gasteiger partial charge in [-0.05, 0) is 24.6 Å². The quantitative estimate of drug-likeness (QED) is 0.898. The summed E-state index contributed by atoms with van der Waals surface area (Å²) >= 11 is 0. The van der Waals surface area contributed by atoms with Gasteiger partial charge in [-0.1, -0.05) is 0 Å². The normalized spacial score (nSPS) is 17.4. The van der Waals surface area contributed by atoms with Crippen molar-refractivity contribution in [3.05, 3.63) is 36.2 Å². The highest BCUT2D eigenvalue weighted by atomic mass is 16.5. The zero-order valence-corrected chi connectivity index (χ0v) is 12.8. The topological polar surface area (TPSA) is 88.4 Å². The minimum atomic E-state index is -0.982. The van der Waals surface area contributed by atoms with Crippen LogP contribution >= 0.6 is 0 Å². The molecule has 1 aliphatic rings. The van der Waals surface area contributed by atoms with Crippen LogP contribution in [0.1, 0.15) is 16.8 Å². The fraction of sp³-hybridized carbons (Fsp3) is 0.375. The Morgan fingerprint density at radius 3 is 2.96 bits per heavy atom. The molecule has 0 amide bonds. The van der Waals surface area contributed by atoms with E-state index in [2.05, 4.69) is 19.9 Å². The lowest BCUT2D eigenvalue weighted by Gasteiger charge is -2.16. The van der Waals surface area contributed by atoms with Crippen LogP contribution in [0.3, 0.4) is 0 Å². The summed E-state index contributed by atoms with van der Waals surface area (Å²) in [4.78, 5) is 26.3. The molecular weight excluding hydrogens is 296 g/mol. The van der Waals surface area contributed by atoms with Crippen LogP contribution in [0.4, 0.5) is 5.95 Å². The van der Waals surface area contributed by atoms with E-state index < -0.39 is 5.97 Å². The Labute approximate surface area is 134 Å². The number of anilines is 1. The van der Waals surface area contributed by atoms with Crippen LogP contribution in [0.2, 0.25) is 0 Å². The number of hydrogen-bond donors (Lipinski definition) is 1. The van der Waals surface area contributed by atoms with Crippen molar-refractivity contribution in [2.75, 3.05) is 31.7 Å². The molecule has 0 spiro atoms. The van der Waals surface area contributed by atoms with Crippen LogP contribution in [-0.2, 0) is 4.74 Å². The van der Waals surface area contributed by atoms with Crippen LogP contribution in [-0.4, -0.2) is 52.8 Å². The van der Waals surface area contributed by atoms with Crippen molar-refractivity contribution < 1.29 is 14.6 Å². The molecule has 7 heteroatoms. The molecule has 120 valence electrons. The summed E-state index contributed by atoms with van der Waals surface area (Å²) in [7, 11) is 1.71. The summed E-state index contributed by atoms with van der Waals surface area (Å²) in [6, 6.07) is 4.72. The van der Waals surface area contributed by atoms with Crippen LogP contribution in [0.15, 0.2) is 30.6 Å². The molecule has 7 nitrogen and oxygen atoms in total. The molecule has 3 rings (SSSR count). The fourth-order valence-corrected chi connectivity index (χ4v) is 2.73. The standard InChI is InChI=1S/C16H18N4O3/c1-23-10-11-4-7-20(9-11)16-18-6-3-13(19-16)14-8-12(15(21)22)2-5-17-14/h2-3,5-6,8,11H,4,7,9-10H2,1H3,(H,21,22). The van der Waals surface area contributed by atoms with Crippen LogP contribution in [0.5, 0.6) is 0 Å². The lowest BCUT2D eigenvalue weighted by atomic mass is 10.1. The molecule has 0 aromatic carbocycles. The SMILES string of the molecule is COCC1CCN(c2nccc(-c3cc(C(=O)O)ccn3)n2)C1. The monoisotopic (exact) mass is 314 g/mol. The van der Waals surface area contributed by atoms with Crippen molar-refractivity contribution in [3.8, 4) is 11.4 Å². The molecule has 0 bridgehead atoms. The zero-order valence-electron chi connectivity index (χ0n) is 12.8. The Bertz CT molecular complexity index is 707. The van der Waals surface area contributed by atoms with Crippen molar-refractivity contribution >= 4 is 11.9 Å². The van der Waals surface area contributed by atoms with Gasteiger partial charge in [0.2, 0.25) is 5.95 Å². The molecule has 0 saturated carbocycles. The molecule has 1 fully saturated rings. The Hall–Kier alpha value is -2.54. The van der Waals surface area contributed by atoms with Gasteiger partial charge in [-0.25, -0.2) is 14.8 Å². The number of carboxylic acids is 1. The number of rotatable bonds is 5. The molecule has 2 aromatic rings. The Morgan fingerprint density at radius 1 is 1.35 bits per heavy atom. The summed E-state index contributed by atoms with van der Waals surface area (Å²) < 4.78 is 5.21. The van der Waals surface area contributed by atoms with Gasteiger partial charge in [0.15, 0.2) is 0 Å². The summed E-state index contributed by atoms with van der Waals surface area (Å²) in [6.45, 7) is 2.48. The van der Waals surface area contributed by atoms with Crippen molar-refractivity contribution in [1.82, 2.24) is 15.0 Å². The van der Waals surface area contributed by atoms with Crippen LogP contribution in [0.25, 0.3) is 11.4 Å². The second-order valence-corrected chi connectivity index (χ2v) is 5.53. The average molecular weight is 314 g/mol. The Balaban J connectivity index is 1.83. The highest BCUT2D eigenvalue weighted by molar-refractivity contribution is 5.88. The molecule has 1 aliphatic heterocycles. The van der Waals surface area contributed by atoms with Gasteiger partial charge >= 0.3 is 5.97 Å². The highest BCUT2D eigenvalue weighted by Gasteiger charge is 2.24. The van der Waals surface area contributed by atoms with Crippen molar-refractivity contribution in [3.63, 3.8) is 0 Å². The van der Waals surface area contributed by atoms with E-state index in [9.17, 15) is 4.79 Å². The molecule has 1 saturated heterocycles. The molecule has 23 heavy (non-hydrogen) atoms. The summed E-state index contributed by atoms with van der Waals surface area (Å²) in [5.74, 6) is 0.147. The molecule has 0 aliphatic carbocycles. The van der Waals surface area contributed by atoms with E-state index in [1.165, 1.54) is 18.3 Å². The van der Waals surface area contributed by atoms with Gasteiger partial charge in [0, 0.05) is 38.5 Å². The summed E-state index contributed by atoms with van der Waals surface area (Å²) in [5, 5.41) is 9.08.